The molecule has 0 spiro atoms. The van der Waals surface area contributed by atoms with Gasteiger partial charge in [0.25, 0.3) is 5.91 Å². The number of rotatable bonds is 4. The molecule has 1 aromatic heterocycles. The monoisotopic (exact) mass is 403 g/mol. The molecule has 0 atom stereocenters. The molecule has 31 heavy (non-hydrogen) atoms. The fourth-order valence-corrected chi connectivity index (χ4v) is 4.08. The van der Waals surface area contributed by atoms with Crippen molar-refractivity contribution in [3.8, 4) is 28.1 Å². The third-order valence-electron chi connectivity index (χ3n) is 5.51. The van der Waals surface area contributed by atoms with E-state index in [9.17, 15) is 4.79 Å². The van der Waals surface area contributed by atoms with Crippen LogP contribution in [0, 0.1) is 0 Å². The van der Waals surface area contributed by atoms with Crippen LogP contribution in [-0.4, -0.2) is 17.6 Å². The summed E-state index contributed by atoms with van der Waals surface area (Å²) in [7, 11) is 1.64. The van der Waals surface area contributed by atoms with Gasteiger partial charge in [0, 0.05) is 22.6 Å². The predicted octanol–water partition coefficient (Wildman–Crippen LogP) is 6.67. The van der Waals surface area contributed by atoms with Gasteiger partial charge in [0.15, 0.2) is 0 Å². The van der Waals surface area contributed by atoms with E-state index in [1.54, 1.807) is 7.11 Å². The van der Waals surface area contributed by atoms with Gasteiger partial charge in [-0.1, -0.05) is 78.9 Å². The molecule has 150 valence electrons. The molecule has 0 aliphatic carbocycles. The second kappa shape index (κ2) is 7.96. The average Bonchev–Trinajstić information content (AvgIpc) is 3.19. The topological polar surface area (TPSA) is 31.2 Å². The number of carbonyl (C=O) groups excluding carboxylic acids is 1. The van der Waals surface area contributed by atoms with Gasteiger partial charge in [0.1, 0.15) is 5.75 Å². The van der Waals surface area contributed by atoms with Crippen molar-refractivity contribution in [2.75, 3.05) is 7.11 Å². The van der Waals surface area contributed by atoms with Crippen LogP contribution in [0.25, 0.3) is 33.3 Å². The first-order chi connectivity index (χ1) is 15.3. The van der Waals surface area contributed by atoms with Crippen LogP contribution < -0.4 is 4.74 Å². The highest BCUT2D eigenvalue weighted by atomic mass is 16.5. The quantitative estimate of drug-likeness (QED) is 0.335. The first-order valence-electron chi connectivity index (χ1n) is 10.2. The van der Waals surface area contributed by atoms with Crippen molar-refractivity contribution < 1.29 is 9.53 Å². The number of ether oxygens (including phenoxy) is 1. The third kappa shape index (κ3) is 3.30. The Hall–Kier alpha value is -4.11. The number of fused-ring (bicyclic) bond motifs is 1. The molecule has 5 aromatic rings. The van der Waals surface area contributed by atoms with Gasteiger partial charge >= 0.3 is 0 Å². The lowest BCUT2D eigenvalue weighted by molar-refractivity contribution is 0.0967. The second-order valence-electron chi connectivity index (χ2n) is 7.35. The van der Waals surface area contributed by atoms with Crippen LogP contribution in [0.5, 0.6) is 5.75 Å². The Morgan fingerprint density at radius 2 is 1.29 bits per heavy atom. The molecule has 0 saturated carbocycles. The first-order valence-corrected chi connectivity index (χ1v) is 10.2. The van der Waals surface area contributed by atoms with Crippen LogP contribution in [0.3, 0.4) is 0 Å². The Morgan fingerprint density at radius 1 is 0.710 bits per heavy atom. The summed E-state index contributed by atoms with van der Waals surface area (Å²) >= 11 is 0. The molecule has 0 aliphatic heterocycles. The maximum Gasteiger partial charge on any atom is 0.262 e. The highest BCUT2D eigenvalue weighted by molar-refractivity contribution is 6.13. The van der Waals surface area contributed by atoms with Gasteiger partial charge in [-0.25, -0.2) is 0 Å². The Bertz CT molecular complexity index is 1350. The molecule has 4 aromatic carbocycles. The van der Waals surface area contributed by atoms with Crippen LogP contribution >= 0.6 is 0 Å². The lowest BCUT2D eigenvalue weighted by Crippen LogP contribution is -2.13. The van der Waals surface area contributed by atoms with E-state index in [1.807, 2.05) is 102 Å². The molecular formula is C28H21NO2. The van der Waals surface area contributed by atoms with E-state index in [4.69, 9.17) is 4.74 Å². The van der Waals surface area contributed by atoms with Crippen molar-refractivity contribution in [2.45, 2.75) is 0 Å². The second-order valence-corrected chi connectivity index (χ2v) is 7.35. The smallest absolute Gasteiger partial charge is 0.262 e. The molecule has 3 nitrogen and oxygen atoms in total. The van der Waals surface area contributed by atoms with E-state index in [0.29, 0.717) is 11.3 Å². The zero-order chi connectivity index (χ0) is 21.2. The molecule has 0 unspecified atom stereocenters. The predicted molar refractivity (Wildman–Crippen MR) is 126 cm³/mol. The van der Waals surface area contributed by atoms with E-state index in [-0.39, 0.29) is 5.91 Å². The Balaban J connectivity index is 1.93. The van der Waals surface area contributed by atoms with E-state index in [1.165, 1.54) is 0 Å². The number of hydrogen-bond acceptors (Lipinski definition) is 2. The average molecular weight is 403 g/mol. The molecule has 0 aliphatic rings. The maximum atomic E-state index is 13.8. The Labute approximate surface area is 181 Å². The minimum Gasteiger partial charge on any atom is -0.497 e. The number of hydrogen-bond donors (Lipinski definition) is 0. The van der Waals surface area contributed by atoms with Crippen molar-refractivity contribution in [1.82, 2.24) is 4.57 Å². The Kier molecular flexibility index (Phi) is 4.85. The van der Waals surface area contributed by atoms with Gasteiger partial charge in [-0.3, -0.25) is 9.36 Å². The summed E-state index contributed by atoms with van der Waals surface area (Å²) in [4.78, 5) is 13.8. The SMILES string of the molecule is COc1ccc2c(-c3ccccc3)c(-c3ccccc3)n(C(=O)c3ccccc3)c2c1. The molecule has 0 saturated heterocycles. The van der Waals surface area contributed by atoms with Crippen LogP contribution in [0.4, 0.5) is 0 Å². The fourth-order valence-electron chi connectivity index (χ4n) is 4.08. The van der Waals surface area contributed by atoms with Gasteiger partial charge in [0.2, 0.25) is 0 Å². The lowest BCUT2D eigenvalue weighted by Gasteiger charge is -2.12. The molecule has 1 heterocycles. The van der Waals surface area contributed by atoms with Crippen LogP contribution in [-0.2, 0) is 0 Å². The lowest BCUT2D eigenvalue weighted by atomic mass is 9.98. The first kappa shape index (κ1) is 18.9. The number of benzene rings is 4. The van der Waals surface area contributed by atoms with Gasteiger partial charge in [-0.05, 0) is 35.4 Å². The summed E-state index contributed by atoms with van der Waals surface area (Å²) < 4.78 is 7.32. The molecule has 5 rings (SSSR count). The summed E-state index contributed by atoms with van der Waals surface area (Å²) in [6.07, 6.45) is 0. The summed E-state index contributed by atoms with van der Waals surface area (Å²) in [6, 6.07) is 35.6. The molecule has 0 N–H and O–H groups in total. The summed E-state index contributed by atoms with van der Waals surface area (Å²) in [5.74, 6) is 0.645. The van der Waals surface area contributed by atoms with Crippen molar-refractivity contribution in [3.63, 3.8) is 0 Å². The van der Waals surface area contributed by atoms with Crippen molar-refractivity contribution in [3.05, 3.63) is 115 Å². The van der Waals surface area contributed by atoms with E-state index < -0.39 is 0 Å². The molecular weight excluding hydrogens is 382 g/mol. The summed E-state index contributed by atoms with van der Waals surface area (Å²) in [6.45, 7) is 0. The molecule has 0 fully saturated rings. The van der Waals surface area contributed by atoms with Crippen molar-refractivity contribution in [1.29, 1.82) is 0 Å². The zero-order valence-electron chi connectivity index (χ0n) is 17.2. The van der Waals surface area contributed by atoms with Gasteiger partial charge < -0.3 is 4.74 Å². The third-order valence-corrected chi connectivity index (χ3v) is 5.51. The van der Waals surface area contributed by atoms with Crippen LogP contribution in [0.2, 0.25) is 0 Å². The van der Waals surface area contributed by atoms with E-state index >= 15 is 0 Å². The minimum atomic E-state index is -0.0695. The van der Waals surface area contributed by atoms with Crippen LogP contribution in [0.15, 0.2) is 109 Å². The largest absolute Gasteiger partial charge is 0.497 e. The van der Waals surface area contributed by atoms with Gasteiger partial charge in [0.05, 0.1) is 18.3 Å². The summed E-state index contributed by atoms with van der Waals surface area (Å²) in [5.41, 5.74) is 5.43. The highest BCUT2D eigenvalue weighted by Gasteiger charge is 2.24. The zero-order valence-corrected chi connectivity index (χ0v) is 17.2. The maximum absolute atomic E-state index is 13.8. The number of methoxy groups -OCH3 is 1. The van der Waals surface area contributed by atoms with E-state index in [2.05, 4.69) is 12.1 Å². The number of aromatic nitrogens is 1. The fraction of sp³-hybridized carbons (Fsp3) is 0.0357. The van der Waals surface area contributed by atoms with Crippen LogP contribution in [0.1, 0.15) is 10.4 Å². The van der Waals surface area contributed by atoms with Crippen molar-refractivity contribution in [2.24, 2.45) is 0 Å². The van der Waals surface area contributed by atoms with Gasteiger partial charge in [-0.2, -0.15) is 0 Å². The number of carbonyl (C=O) groups is 1. The highest BCUT2D eigenvalue weighted by Crippen LogP contribution is 2.42. The number of nitrogens with zero attached hydrogens (tertiary/aromatic N) is 1. The summed E-state index contributed by atoms with van der Waals surface area (Å²) in [5, 5.41) is 1.01. The molecule has 0 bridgehead atoms. The van der Waals surface area contributed by atoms with Gasteiger partial charge in [-0.15, -0.1) is 0 Å². The molecule has 3 heteroatoms. The Morgan fingerprint density at radius 3 is 1.90 bits per heavy atom. The molecule has 0 amide bonds. The molecule has 0 radical (unpaired) electrons. The normalized spacial score (nSPS) is 10.9. The van der Waals surface area contributed by atoms with E-state index in [0.717, 1.165) is 33.3 Å². The van der Waals surface area contributed by atoms with Crippen molar-refractivity contribution >= 4 is 16.8 Å². The minimum absolute atomic E-state index is 0.0695. The standard InChI is InChI=1S/C28H21NO2/c1-31-23-17-18-24-25(19-23)29(28(30)22-15-9-4-10-16-22)27(21-13-7-3-8-14-21)26(24)20-11-5-2-6-12-20/h2-19H,1H3.